The summed E-state index contributed by atoms with van der Waals surface area (Å²) in [5.41, 5.74) is 2.32. The summed E-state index contributed by atoms with van der Waals surface area (Å²) >= 11 is 0. The molecule has 2 atom stereocenters. The number of pyridine rings is 1. The molecule has 3 heteroatoms. The summed E-state index contributed by atoms with van der Waals surface area (Å²) in [6.45, 7) is 6.46. The minimum atomic E-state index is 0.271. The minimum Gasteiger partial charge on any atom is -0.487 e. The van der Waals surface area contributed by atoms with E-state index in [-0.39, 0.29) is 6.10 Å². The molecule has 2 aromatic rings. The van der Waals surface area contributed by atoms with Gasteiger partial charge >= 0.3 is 0 Å². The molecular weight excluding hydrogens is 248 g/mol. The molecule has 1 aromatic heterocycles. The van der Waals surface area contributed by atoms with E-state index < -0.39 is 0 Å². The normalized spacial score (nSPS) is 20.2. The first-order valence-corrected chi connectivity index (χ1v) is 7.54. The summed E-state index contributed by atoms with van der Waals surface area (Å²) in [6.07, 6.45) is 4.32. The molecule has 1 N–H and O–H groups in total. The third-order valence-electron chi connectivity index (χ3n) is 4.18. The van der Waals surface area contributed by atoms with Crippen LogP contribution >= 0.6 is 0 Å². The van der Waals surface area contributed by atoms with Crippen molar-refractivity contribution in [3.8, 4) is 5.75 Å². The number of hydrogen-bond acceptors (Lipinski definition) is 3. The predicted molar refractivity (Wildman–Crippen MR) is 82.4 cm³/mol. The van der Waals surface area contributed by atoms with Gasteiger partial charge in [0.15, 0.2) is 0 Å². The maximum Gasteiger partial charge on any atom is 0.146 e. The summed E-state index contributed by atoms with van der Waals surface area (Å²) in [5, 5.41) is 4.52. The quantitative estimate of drug-likeness (QED) is 0.923. The van der Waals surface area contributed by atoms with Crippen LogP contribution < -0.4 is 10.1 Å². The van der Waals surface area contributed by atoms with Gasteiger partial charge in [-0.3, -0.25) is 4.98 Å². The van der Waals surface area contributed by atoms with Crippen molar-refractivity contribution in [1.82, 2.24) is 10.3 Å². The molecular formula is C17H22N2O. The van der Waals surface area contributed by atoms with Crippen molar-refractivity contribution in [2.24, 2.45) is 0 Å². The number of nitrogens with one attached hydrogen (secondary N) is 1. The van der Waals surface area contributed by atoms with E-state index in [4.69, 9.17) is 4.74 Å². The Morgan fingerprint density at radius 2 is 2.35 bits per heavy atom. The first-order valence-electron chi connectivity index (χ1n) is 7.54. The van der Waals surface area contributed by atoms with Crippen LogP contribution in [0.3, 0.4) is 0 Å². The fourth-order valence-electron chi connectivity index (χ4n) is 2.70. The lowest BCUT2D eigenvalue weighted by molar-refractivity contribution is 0.225. The maximum absolute atomic E-state index is 6.20. The third kappa shape index (κ3) is 2.63. The van der Waals surface area contributed by atoms with Crippen LogP contribution in [-0.2, 0) is 0 Å². The van der Waals surface area contributed by atoms with Crippen LogP contribution in [-0.4, -0.2) is 24.2 Å². The number of benzene rings is 1. The fraction of sp³-hybridized carbons (Fsp3) is 0.471. The third-order valence-corrected chi connectivity index (χ3v) is 4.18. The molecule has 1 aromatic carbocycles. The highest BCUT2D eigenvalue weighted by atomic mass is 16.5. The largest absolute Gasteiger partial charge is 0.487 e. The molecule has 2 heterocycles. The first kappa shape index (κ1) is 13.4. The van der Waals surface area contributed by atoms with Gasteiger partial charge in [-0.1, -0.05) is 19.9 Å². The Balaban J connectivity index is 2.02. The second-order valence-corrected chi connectivity index (χ2v) is 5.64. The van der Waals surface area contributed by atoms with E-state index in [1.54, 1.807) is 0 Å². The highest BCUT2D eigenvalue weighted by Crippen LogP contribution is 2.31. The number of aromatic nitrogens is 1. The average molecular weight is 270 g/mol. The fourth-order valence-corrected chi connectivity index (χ4v) is 2.70. The van der Waals surface area contributed by atoms with Gasteiger partial charge in [0.05, 0.1) is 0 Å². The van der Waals surface area contributed by atoms with Crippen molar-refractivity contribution in [2.75, 3.05) is 13.1 Å². The summed E-state index contributed by atoms with van der Waals surface area (Å²) in [7, 11) is 0. The number of ether oxygens (including phenoxy) is 1. The van der Waals surface area contributed by atoms with Crippen LogP contribution in [0.25, 0.3) is 10.9 Å². The van der Waals surface area contributed by atoms with E-state index in [0.29, 0.717) is 5.92 Å². The first-order chi connectivity index (χ1) is 9.78. The van der Waals surface area contributed by atoms with Gasteiger partial charge in [0, 0.05) is 18.1 Å². The van der Waals surface area contributed by atoms with Crippen molar-refractivity contribution in [2.45, 2.75) is 38.7 Å². The molecule has 0 radical (unpaired) electrons. The Kier molecular flexibility index (Phi) is 3.88. The standard InChI is InChI=1S/C17H22N2O/c1-3-12(2)14-9-13-5-4-7-19-17(13)16(10-14)20-15-6-8-18-11-15/h4-5,7,9-10,12,15,18H,3,6,8,11H2,1-2H3/t12?,15-/m0/s1. The van der Waals surface area contributed by atoms with Gasteiger partial charge in [0.1, 0.15) is 17.4 Å². The zero-order valence-corrected chi connectivity index (χ0v) is 12.2. The Morgan fingerprint density at radius 1 is 1.45 bits per heavy atom. The van der Waals surface area contributed by atoms with Crippen LogP contribution in [0.2, 0.25) is 0 Å². The molecule has 1 saturated heterocycles. The Hall–Kier alpha value is -1.61. The van der Waals surface area contributed by atoms with Gasteiger partial charge < -0.3 is 10.1 Å². The van der Waals surface area contributed by atoms with Crippen LogP contribution in [0.1, 0.15) is 38.2 Å². The molecule has 0 aliphatic carbocycles. The Morgan fingerprint density at radius 3 is 3.10 bits per heavy atom. The molecule has 0 amide bonds. The number of hydrogen-bond donors (Lipinski definition) is 1. The zero-order valence-electron chi connectivity index (χ0n) is 12.2. The van der Waals surface area contributed by atoms with E-state index in [2.05, 4.69) is 42.3 Å². The predicted octanol–water partition coefficient (Wildman–Crippen LogP) is 3.49. The smallest absolute Gasteiger partial charge is 0.146 e. The van der Waals surface area contributed by atoms with Gasteiger partial charge in [-0.15, -0.1) is 0 Å². The van der Waals surface area contributed by atoms with Gasteiger partial charge in [-0.25, -0.2) is 0 Å². The van der Waals surface area contributed by atoms with E-state index in [0.717, 1.165) is 37.2 Å². The van der Waals surface area contributed by atoms with Crippen molar-refractivity contribution in [1.29, 1.82) is 0 Å². The van der Waals surface area contributed by atoms with E-state index in [1.807, 2.05) is 12.3 Å². The SMILES string of the molecule is CCC(C)c1cc(O[C@H]2CCNC2)c2ncccc2c1. The molecule has 3 rings (SSSR count). The molecule has 0 bridgehead atoms. The van der Waals surface area contributed by atoms with E-state index in [9.17, 15) is 0 Å². The highest BCUT2D eigenvalue weighted by Gasteiger charge is 2.18. The summed E-state index contributed by atoms with van der Waals surface area (Å²) in [4.78, 5) is 4.50. The minimum absolute atomic E-state index is 0.271. The van der Waals surface area contributed by atoms with Gasteiger partial charge in [0.2, 0.25) is 0 Å². The van der Waals surface area contributed by atoms with E-state index in [1.165, 1.54) is 10.9 Å². The van der Waals surface area contributed by atoms with Crippen LogP contribution in [0.5, 0.6) is 5.75 Å². The van der Waals surface area contributed by atoms with Crippen LogP contribution in [0, 0.1) is 0 Å². The lowest BCUT2D eigenvalue weighted by Crippen LogP contribution is -2.19. The van der Waals surface area contributed by atoms with Crippen molar-refractivity contribution < 1.29 is 4.74 Å². The molecule has 1 aliphatic rings. The number of rotatable bonds is 4. The zero-order chi connectivity index (χ0) is 13.9. The lowest BCUT2D eigenvalue weighted by atomic mass is 9.96. The van der Waals surface area contributed by atoms with E-state index >= 15 is 0 Å². The molecule has 3 nitrogen and oxygen atoms in total. The highest BCUT2D eigenvalue weighted by molar-refractivity contribution is 5.85. The topological polar surface area (TPSA) is 34.1 Å². The summed E-state index contributed by atoms with van der Waals surface area (Å²) in [5.74, 6) is 1.48. The Bertz CT molecular complexity index is 591. The molecule has 1 aliphatic heterocycles. The van der Waals surface area contributed by atoms with Crippen LogP contribution in [0.4, 0.5) is 0 Å². The molecule has 0 saturated carbocycles. The van der Waals surface area contributed by atoms with Crippen molar-refractivity contribution in [3.05, 3.63) is 36.0 Å². The number of fused-ring (bicyclic) bond motifs is 1. The second-order valence-electron chi connectivity index (χ2n) is 5.64. The number of nitrogens with zero attached hydrogens (tertiary/aromatic N) is 1. The maximum atomic E-state index is 6.20. The molecule has 106 valence electrons. The molecule has 20 heavy (non-hydrogen) atoms. The second kappa shape index (κ2) is 5.80. The molecule has 1 fully saturated rings. The van der Waals surface area contributed by atoms with Gasteiger partial charge in [0.25, 0.3) is 0 Å². The van der Waals surface area contributed by atoms with Gasteiger partial charge in [-0.05, 0) is 49.1 Å². The monoisotopic (exact) mass is 270 g/mol. The summed E-state index contributed by atoms with van der Waals surface area (Å²) in [6, 6.07) is 8.54. The van der Waals surface area contributed by atoms with Crippen LogP contribution in [0.15, 0.2) is 30.5 Å². The van der Waals surface area contributed by atoms with Crippen molar-refractivity contribution in [3.63, 3.8) is 0 Å². The average Bonchev–Trinajstić information content (AvgIpc) is 2.99. The summed E-state index contributed by atoms with van der Waals surface area (Å²) < 4.78 is 6.20. The lowest BCUT2D eigenvalue weighted by Gasteiger charge is -2.17. The molecule has 0 spiro atoms. The van der Waals surface area contributed by atoms with Gasteiger partial charge in [-0.2, -0.15) is 0 Å². The Labute approximate surface area is 120 Å². The van der Waals surface area contributed by atoms with Crippen molar-refractivity contribution >= 4 is 10.9 Å². The molecule has 1 unspecified atom stereocenters.